The van der Waals surface area contributed by atoms with Crippen LogP contribution in [0.2, 0.25) is 0 Å². The maximum Gasteiger partial charge on any atom is 0.409 e. The van der Waals surface area contributed by atoms with Gasteiger partial charge in [-0.25, -0.2) is 4.79 Å². The molecule has 24 heavy (non-hydrogen) atoms. The summed E-state index contributed by atoms with van der Waals surface area (Å²) < 4.78 is 10.8. The third-order valence-electron chi connectivity index (χ3n) is 4.20. The van der Waals surface area contributed by atoms with Gasteiger partial charge in [0.25, 0.3) is 0 Å². The number of nitrogens with zero attached hydrogens (tertiary/aromatic N) is 2. The number of rotatable bonds is 6. The summed E-state index contributed by atoms with van der Waals surface area (Å²) in [4.78, 5) is 15.5. The number of carbonyl (C=O) groups is 1. The number of amides is 1. The summed E-state index contributed by atoms with van der Waals surface area (Å²) in [5, 5.41) is 10.2. The maximum absolute atomic E-state index is 11.7. The Morgan fingerprint density at radius 2 is 1.83 bits per heavy atom. The Labute approximate surface area is 144 Å². The summed E-state index contributed by atoms with van der Waals surface area (Å²) in [6.07, 6.45) is -0.811. The molecular weight excluding hydrogens is 308 g/mol. The number of aliphatic hydroxyl groups excluding tert-OH is 1. The molecule has 0 unspecified atom stereocenters. The van der Waals surface area contributed by atoms with Crippen molar-refractivity contribution < 1.29 is 19.4 Å². The van der Waals surface area contributed by atoms with Crippen molar-refractivity contribution in [2.75, 3.05) is 45.9 Å². The summed E-state index contributed by atoms with van der Waals surface area (Å²) in [6, 6.07) is 6.00. The smallest absolute Gasteiger partial charge is 0.409 e. The number of hydrogen-bond acceptors (Lipinski definition) is 5. The first-order valence-electron chi connectivity index (χ1n) is 8.52. The predicted molar refractivity (Wildman–Crippen MR) is 92.5 cm³/mol. The highest BCUT2D eigenvalue weighted by Crippen LogP contribution is 2.22. The lowest BCUT2D eigenvalue weighted by molar-refractivity contribution is 0.0405. The predicted octanol–water partition coefficient (Wildman–Crippen LogP) is 1.82. The molecule has 1 aliphatic heterocycles. The minimum Gasteiger partial charge on any atom is -0.490 e. The summed E-state index contributed by atoms with van der Waals surface area (Å²) >= 11 is 0. The van der Waals surface area contributed by atoms with Crippen LogP contribution < -0.4 is 4.74 Å². The molecule has 1 fully saturated rings. The lowest BCUT2D eigenvalue weighted by atomic mass is 10.1. The Bertz CT molecular complexity index is 522. The maximum atomic E-state index is 11.7. The zero-order valence-corrected chi connectivity index (χ0v) is 14.8. The van der Waals surface area contributed by atoms with Gasteiger partial charge < -0.3 is 19.5 Å². The second-order valence-corrected chi connectivity index (χ2v) is 6.17. The fourth-order valence-electron chi connectivity index (χ4n) is 2.88. The van der Waals surface area contributed by atoms with E-state index in [4.69, 9.17) is 9.47 Å². The Hall–Kier alpha value is -1.79. The highest BCUT2D eigenvalue weighted by atomic mass is 16.6. The minimum absolute atomic E-state index is 0.254. The van der Waals surface area contributed by atoms with Gasteiger partial charge in [0.2, 0.25) is 0 Å². The average Bonchev–Trinajstić information content (AvgIpc) is 2.55. The fraction of sp³-hybridized carbons (Fsp3) is 0.611. The molecule has 1 aliphatic rings. The van der Waals surface area contributed by atoms with Gasteiger partial charge >= 0.3 is 6.09 Å². The van der Waals surface area contributed by atoms with Gasteiger partial charge in [-0.1, -0.05) is 18.2 Å². The van der Waals surface area contributed by atoms with Gasteiger partial charge in [0.15, 0.2) is 0 Å². The van der Waals surface area contributed by atoms with Gasteiger partial charge in [-0.2, -0.15) is 0 Å². The molecule has 1 amide bonds. The standard InChI is InChI=1S/C18H28N2O4/c1-4-23-18(22)20-10-8-19(9-11-20)12-16(21)13-24-17-14(2)6-5-7-15(17)3/h5-7,16,21H,4,8-13H2,1-3H3/t16-/m1/s1. The van der Waals surface area contributed by atoms with Gasteiger partial charge in [0.1, 0.15) is 18.5 Å². The molecule has 0 aliphatic carbocycles. The van der Waals surface area contributed by atoms with Crippen molar-refractivity contribution in [1.82, 2.24) is 9.80 Å². The number of β-amino-alcohol motifs (C(OH)–C–C–N with tert-alkyl or cyclic N) is 1. The summed E-state index contributed by atoms with van der Waals surface area (Å²) in [5.74, 6) is 0.851. The van der Waals surface area contributed by atoms with E-state index in [9.17, 15) is 9.90 Å². The van der Waals surface area contributed by atoms with E-state index in [0.29, 0.717) is 26.2 Å². The average molecular weight is 336 g/mol. The number of piperazine rings is 1. The van der Waals surface area contributed by atoms with Crippen molar-refractivity contribution in [2.24, 2.45) is 0 Å². The van der Waals surface area contributed by atoms with E-state index < -0.39 is 6.10 Å². The van der Waals surface area contributed by atoms with E-state index in [1.54, 1.807) is 11.8 Å². The second kappa shape index (κ2) is 8.89. The molecule has 134 valence electrons. The molecule has 0 spiro atoms. The number of carbonyl (C=O) groups excluding carboxylic acids is 1. The first-order chi connectivity index (χ1) is 11.5. The van der Waals surface area contributed by atoms with Crippen LogP contribution in [0.25, 0.3) is 0 Å². The lowest BCUT2D eigenvalue weighted by Gasteiger charge is -2.34. The summed E-state index contributed by atoms with van der Waals surface area (Å²) in [7, 11) is 0. The van der Waals surface area contributed by atoms with Crippen LogP contribution in [0.15, 0.2) is 18.2 Å². The molecule has 0 bridgehead atoms. The zero-order chi connectivity index (χ0) is 17.5. The van der Waals surface area contributed by atoms with Crippen LogP contribution in [0.4, 0.5) is 4.79 Å². The Morgan fingerprint density at radius 3 is 2.42 bits per heavy atom. The van der Waals surface area contributed by atoms with Gasteiger partial charge in [0, 0.05) is 32.7 Å². The molecule has 0 radical (unpaired) electrons. The molecule has 2 rings (SSSR count). The number of para-hydroxylation sites is 1. The molecule has 0 aromatic heterocycles. The number of aryl methyl sites for hydroxylation is 2. The largest absolute Gasteiger partial charge is 0.490 e. The molecule has 1 aromatic rings. The highest BCUT2D eigenvalue weighted by molar-refractivity contribution is 5.67. The molecule has 0 saturated carbocycles. The molecular formula is C18H28N2O4. The van der Waals surface area contributed by atoms with Crippen LogP contribution in [-0.2, 0) is 4.74 Å². The SMILES string of the molecule is CCOC(=O)N1CCN(C[C@@H](O)COc2c(C)cccc2C)CC1. The van der Waals surface area contributed by atoms with Crippen LogP contribution in [0.5, 0.6) is 5.75 Å². The van der Waals surface area contributed by atoms with Gasteiger partial charge in [-0.05, 0) is 31.9 Å². The number of aliphatic hydroxyl groups is 1. The molecule has 1 saturated heterocycles. The summed E-state index contributed by atoms with van der Waals surface area (Å²) in [5.41, 5.74) is 2.15. The van der Waals surface area contributed by atoms with E-state index in [2.05, 4.69) is 4.90 Å². The molecule has 1 aromatic carbocycles. The van der Waals surface area contributed by atoms with Gasteiger partial charge in [-0.15, -0.1) is 0 Å². The quantitative estimate of drug-likeness (QED) is 0.858. The third kappa shape index (κ3) is 5.11. The Balaban J connectivity index is 1.74. The normalized spacial score (nSPS) is 16.8. The second-order valence-electron chi connectivity index (χ2n) is 6.17. The molecule has 6 nitrogen and oxygen atoms in total. The number of ether oxygens (including phenoxy) is 2. The highest BCUT2D eigenvalue weighted by Gasteiger charge is 2.23. The minimum atomic E-state index is -0.557. The van der Waals surface area contributed by atoms with E-state index in [1.165, 1.54) is 0 Å². The Kier molecular flexibility index (Phi) is 6.87. The van der Waals surface area contributed by atoms with Gasteiger partial charge in [-0.3, -0.25) is 4.90 Å². The molecule has 1 N–H and O–H groups in total. The summed E-state index contributed by atoms with van der Waals surface area (Å²) in [6.45, 7) is 9.75. The van der Waals surface area contributed by atoms with E-state index in [-0.39, 0.29) is 12.7 Å². The fourth-order valence-corrected chi connectivity index (χ4v) is 2.88. The number of benzene rings is 1. The van der Waals surface area contributed by atoms with E-state index >= 15 is 0 Å². The molecule has 6 heteroatoms. The zero-order valence-electron chi connectivity index (χ0n) is 14.8. The van der Waals surface area contributed by atoms with Crippen molar-refractivity contribution in [3.8, 4) is 5.75 Å². The third-order valence-corrected chi connectivity index (χ3v) is 4.20. The van der Waals surface area contributed by atoms with Crippen molar-refractivity contribution in [2.45, 2.75) is 26.9 Å². The van der Waals surface area contributed by atoms with Crippen LogP contribution in [0.3, 0.4) is 0 Å². The van der Waals surface area contributed by atoms with Crippen molar-refractivity contribution in [3.63, 3.8) is 0 Å². The number of hydrogen-bond donors (Lipinski definition) is 1. The van der Waals surface area contributed by atoms with Crippen LogP contribution in [0.1, 0.15) is 18.1 Å². The van der Waals surface area contributed by atoms with Crippen LogP contribution in [-0.4, -0.2) is 73.0 Å². The van der Waals surface area contributed by atoms with Crippen molar-refractivity contribution >= 4 is 6.09 Å². The van der Waals surface area contributed by atoms with Crippen molar-refractivity contribution in [1.29, 1.82) is 0 Å². The van der Waals surface area contributed by atoms with E-state index in [1.807, 2.05) is 32.0 Å². The van der Waals surface area contributed by atoms with Crippen LogP contribution >= 0.6 is 0 Å². The van der Waals surface area contributed by atoms with Gasteiger partial charge in [0.05, 0.1) is 6.61 Å². The topological polar surface area (TPSA) is 62.2 Å². The van der Waals surface area contributed by atoms with Crippen molar-refractivity contribution in [3.05, 3.63) is 29.3 Å². The molecule has 1 heterocycles. The monoisotopic (exact) mass is 336 g/mol. The first-order valence-corrected chi connectivity index (χ1v) is 8.52. The lowest BCUT2D eigenvalue weighted by Crippen LogP contribution is -2.51. The molecule has 1 atom stereocenters. The Morgan fingerprint density at radius 1 is 1.21 bits per heavy atom. The van der Waals surface area contributed by atoms with E-state index in [0.717, 1.165) is 30.0 Å². The van der Waals surface area contributed by atoms with Crippen LogP contribution in [0, 0.1) is 13.8 Å². The first kappa shape index (κ1) is 18.5.